The van der Waals surface area contributed by atoms with Gasteiger partial charge in [0.15, 0.2) is 15.5 Å². The standard InChI is InChI=1S/C28H22N6O4S/c1-16(25-22(17-8-4-3-5-9-17)20-10-6-7-11-21(20)28(35)38-25)34-27-23(26(29)31-15-32-27)24(33-34)18-12-19(14-30-13-18)39(2,36)37/h3-16H,1-2H3,(H2,29,31,32). The number of pyridine rings is 1. The summed E-state index contributed by atoms with van der Waals surface area (Å²) in [5, 5.41) is 6.45. The lowest BCUT2D eigenvalue weighted by Gasteiger charge is -2.18. The van der Waals surface area contributed by atoms with Gasteiger partial charge in [-0.3, -0.25) is 4.98 Å². The number of nitrogen functional groups attached to an aromatic ring is 1. The van der Waals surface area contributed by atoms with E-state index in [9.17, 15) is 13.2 Å². The van der Waals surface area contributed by atoms with E-state index in [1.165, 1.54) is 24.8 Å². The third-order valence-electron chi connectivity index (χ3n) is 6.61. The van der Waals surface area contributed by atoms with Crippen LogP contribution in [0.25, 0.3) is 44.2 Å². The van der Waals surface area contributed by atoms with Gasteiger partial charge < -0.3 is 10.2 Å². The molecular formula is C28H22N6O4S. The molecule has 1 atom stereocenters. The first-order chi connectivity index (χ1) is 18.7. The van der Waals surface area contributed by atoms with E-state index >= 15 is 0 Å². The maximum absolute atomic E-state index is 13.1. The molecule has 0 radical (unpaired) electrons. The Kier molecular flexibility index (Phi) is 5.72. The van der Waals surface area contributed by atoms with Crippen molar-refractivity contribution in [3.05, 3.63) is 95.6 Å². The molecule has 6 aromatic rings. The summed E-state index contributed by atoms with van der Waals surface area (Å²) >= 11 is 0. The van der Waals surface area contributed by atoms with Crippen LogP contribution in [0.5, 0.6) is 0 Å². The second-order valence-electron chi connectivity index (χ2n) is 9.15. The lowest BCUT2D eigenvalue weighted by atomic mass is 9.96. The molecule has 4 aromatic heterocycles. The Balaban J connectivity index is 1.63. The molecule has 0 bridgehead atoms. The van der Waals surface area contributed by atoms with E-state index in [1.54, 1.807) is 16.8 Å². The van der Waals surface area contributed by atoms with Crippen LogP contribution in [-0.2, 0) is 9.84 Å². The molecule has 0 aliphatic rings. The highest BCUT2D eigenvalue weighted by Crippen LogP contribution is 2.38. The van der Waals surface area contributed by atoms with Crippen molar-refractivity contribution in [2.24, 2.45) is 0 Å². The number of anilines is 1. The van der Waals surface area contributed by atoms with Crippen LogP contribution in [0.15, 0.2) is 93.5 Å². The maximum atomic E-state index is 13.1. The predicted molar refractivity (Wildman–Crippen MR) is 148 cm³/mol. The molecule has 0 aliphatic carbocycles. The van der Waals surface area contributed by atoms with Crippen LogP contribution in [0.1, 0.15) is 18.7 Å². The van der Waals surface area contributed by atoms with Crippen molar-refractivity contribution >= 4 is 37.5 Å². The zero-order chi connectivity index (χ0) is 27.3. The smallest absolute Gasteiger partial charge is 0.343 e. The molecule has 0 fully saturated rings. The first kappa shape index (κ1) is 24.4. The second kappa shape index (κ2) is 9.14. The zero-order valence-corrected chi connectivity index (χ0v) is 21.8. The summed E-state index contributed by atoms with van der Waals surface area (Å²) in [5.41, 5.74) is 8.61. The Morgan fingerprint density at radius 1 is 0.949 bits per heavy atom. The van der Waals surface area contributed by atoms with Crippen molar-refractivity contribution in [3.8, 4) is 22.4 Å². The zero-order valence-electron chi connectivity index (χ0n) is 20.9. The maximum Gasteiger partial charge on any atom is 0.343 e. The first-order valence-corrected chi connectivity index (χ1v) is 13.9. The van der Waals surface area contributed by atoms with Gasteiger partial charge in [0.25, 0.3) is 0 Å². The molecule has 194 valence electrons. The Bertz CT molecular complexity index is 2050. The number of hydrogen-bond donors (Lipinski definition) is 1. The molecule has 0 amide bonds. The van der Waals surface area contributed by atoms with Gasteiger partial charge in [-0.15, -0.1) is 0 Å². The molecule has 0 aliphatic heterocycles. The molecule has 0 saturated carbocycles. The number of fused-ring (bicyclic) bond motifs is 2. The van der Waals surface area contributed by atoms with Gasteiger partial charge in [-0.05, 0) is 24.6 Å². The minimum atomic E-state index is -3.52. The van der Waals surface area contributed by atoms with E-state index in [4.69, 9.17) is 15.2 Å². The topological polar surface area (TPSA) is 147 Å². The summed E-state index contributed by atoms with van der Waals surface area (Å²) in [4.78, 5) is 25.8. The lowest BCUT2D eigenvalue weighted by Crippen LogP contribution is -2.14. The van der Waals surface area contributed by atoms with Crippen molar-refractivity contribution < 1.29 is 12.8 Å². The number of rotatable bonds is 5. The highest BCUT2D eigenvalue weighted by molar-refractivity contribution is 7.90. The second-order valence-corrected chi connectivity index (χ2v) is 11.2. The third kappa shape index (κ3) is 4.12. The molecule has 0 spiro atoms. The van der Waals surface area contributed by atoms with Crippen LogP contribution in [0, 0.1) is 0 Å². The van der Waals surface area contributed by atoms with Crippen molar-refractivity contribution in [2.45, 2.75) is 17.9 Å². The number of nitrogens with zero attached hydrogens (tertiary/aromatic N) is 5. The van der Waals surface area contributed by atoms with Gasteiger partial charge in [-0.25, -0.2) is 27.9 Å². The summed E-state index contributed by atoms with van der Waals surface area (Å²) in [6.45, 7) is 1.85. The summed E-state index contributed by atoms with van der Waals surface area (Å²) in [6.07, 6.45) is 5.21. The molecule has 4 heterocycles. The van der Waals surface area contributed by atoms with Gasteiger partial charge in [0, 0.05) is 35.2 Å². The highest BCUT2D eigenvalue weighted by Gasteiger charge is 2.27. The summed E-state index contributed by atoms with van der Waals surface area (Å²) in [5.74, 6) is 0.558. The van der Waals surface area contributed by atoms with E-state index in [1.807, 2.05) is 49.4 Å². The Hall–Kier alpha value is -4.90. The van der Waals surface area contributed by atoms with Gasteiger partial charge in [0.05, 0.1) is 15.7 Å². The minimum absolute atomic E-state index is 0.0399. The van der Waals surface area contributed by atoms with Gasteiger partial charge in [0.2, 0.25) is 0 Å². The first-order valence-electron chi connectivity index (χ1n) is 12.0. The molecule has 6 rings (SSSR count). The Morgan fingerprint density at radius 3 is 2.41 bits per heavy atom. The van der Waals surface area contributed by atoms with E-state index < -0.39 is 21.5 Å². The van der Waals surface area contributed by atoms with Gasteiger partial charge >= 0.3 is 5.63 Å². The van der Waals surface area contributed by atoms with Crippen molar-refractivity contribution in [1.29, 1.82) is 0 Å². The van der Waals surface area contributed by atoms with E-state index in [0.29, 0.717) is 33.4 Å². The Labute approximate surface area is 222 Å². The molecule has 1 unspecified atom stereocenters. The average molecular weight is 539 g/mol. The monoisotopic (exact) mass is 538 g/mol. The predicted octanol–water partition coefficient (Wildman–Crippen LogP) is 4.26. The van der Waals surface area contributed by atoms with Crippen molar-refractivity contribution in [3.63, 3.8) is 0 Å². The van der Waals surface area contributed by atoms with Crippen LogP contribution < -0.4 is 11.4 Å². The lowest BCUT2D eigenvalue weighted by molar-refractivity contribution is 0.405. The molecular weight excluding hydrogens is 516 g/mol. The molecule has 2 aromatic carbocycles. The van der Waals surface area contributed by atoms with Crippen LogP contribution >= 0.6 is 0 Å². The number of aromatic nitrogens is 5. The fourth-order valence-electron chi connectivity index (χ4n) is 4.74. The SMILES string of the molecule is CC(c1oc(=O)c2ccccc2c1-c1ccccc1)n1nc(-c2cncc(S(C)(=O)=O)c2)c2c(N)ncnc21. The van der Waals surface area contributed by atoms with Crippen LogP contribution in [0.3, 0.4) is 0 Å². The fraction of sp³-hybridized carbons (Fsp3) is 0.107. The van der Waals surface area contributed by atoms with Gasteiger partial charge in [0.1, 0.15) is 29.6 Å². The van der Waals surface area contributed by atoms with Crippen LogP contribution in [-0.4, -0.2) is 39.4 Å². The van der Waals surface area contributed by atoms with Crippen LogP contribution in [0.2, 0.25) is 0 Å². The molecule has 10 nitrogen and oxygen atoms in total. The third-order valence-corrected chi connectivity index (χ3v) is 7.69. The largest absolute Gasteiger partial charge is 0.424 e. The van der Waals surface area contributed by atoms with Crippen molar-refractivity contribution in [2.75, 3.05) is 12.0 Å². The summed E-state index contributed by atoms with van der Waals surface area (Å²) < 4.78 is 32.0. The van der Waals surface area contributed by atoms with Crippen LogP contribution in [0.4, 0.5) is 5.82 Å². The number of nitrogens with two attached hydrogens (primary N) is 1. The molecule has 11 heteroatoms. The molecule has 0 saturated heterocycles. The number of sulfone groups is 1. The minimum Gasteiger partial charge on any atom is -0.424 e. The van der Waals surface area contributed by atoms with E-state index in [0.717, 1.165) is 22.8 Å². The fourth-order valence-corrected chi connectivity index (χ4v) is 5.34. The summed E-state index contributed by atoms with van der Waals surface area (Å²) in [6, 6.07) is 17.8. The highest BCUT2D eigenvalue weighted by atomic mass is 32.2. The number of hydrogen-bond acceptors (Lipinski definition) is 9. The molecule has 2 N–H and O–H groups in total. The van der Waals surface area contributed by atoms with Gasteiger partial charge in [-0.2, -0.15) is 5.10 Å². The van der Waals surface area contributed by atoms with Crippen molar-refractivity contribution in [1.82, 2.24) is 24.7 Å². The molecule has 39 heavy (non-hydrogen) atoms. The number of benzene rings is 2. The average Bonchev–Trinajstić information content (AvgIpc) is 3.34. The van der Waals surface area contributed by atoms with E-state index in [-0.39, 0.29) is 10.7 Å². The summed E-state index contributed by atoms with van der Waals surface area (Å²) in [7, 11) is -3.52. The normalized spacial score (nSPS) is 12.7. The van der Waals surface area contributed by atoms with Gasteiger partial charge in [-0.1, -0.05) is 48.5 Å². The quantitative estimate of drug-likeness (QED) is 0.340. The van der Waals surface area contributed by atoms with E-state index in [2.05, 4.69) is 15.0 Å². The Morgan fingerprint density at radius 2 is 1.67 bits per heavy atom.